The van der Waals surface area contributed by atoms with Crippen LogP contribution in [0.3, 0.4) is 0 Å². The van der Waals surface area contributed by atoms with Gasteiger partial charge in [-0.1, -0.05) is 57.0 Å². The van der Waals surface area contributed by atoms with Crippen molar-refractivity contribution in [1.29, 1.82) is 0 Å². The van der Waals surface area contributed by atoms with Gasteiger partial charge in [-0.05, 0) is 44.2 Å². The minimum absolute atomic E-state index is 0.690. The Labute approximate surface area is 113 Å². The van der Waals surface area contributed by atoms with E-state index in [9.17, 15) is 0 Å². The quantitative estimate of drug-likeness (QED) is 0.681. The van der Waals surface area contributed by atoms with E-state index in [4.69, 9.17) is 0 Å². The van der Waals surface area contributed by atoms with Crippen molar-refractivity contribution in [2.45, 2.75) is 58.4 Å². The fraction of sp³-hybridized carbons (Fsp3) is 0.647. The molecule has 1 N–H and O–H groups in total. The molecule has 18 heavy (non-hydrogen) atoms. The maximum Gasteiger partial charge on any atom is 0.00667 e. The zero-order valence-corrected chi connectivity index (χ0v) is 12.3. The summed E-state index contributed by atoms with van der Waals surface area (Å²) in [6.07, 6.45) is 7.77. The smallest absolute Gasteiger partial charge is 0.00667 e. The second kappa shape index (κ2) is 9.16. The standard InChI is InChI=1S/C17H29N/c1-4-9-15(2)14-17(18-3)13-8-12-16-10-6-5-7-11-16/h5-7,10-11,15,17-18H,4,8-9,12-14H2,1-3H3. The van der Waals surface area contributed by atoms with Crippen LogP contribution in [-0.2, 0) is 6.42 Å². The van der Waals surface area contributed by atoms with Crippen LogP contribution in [-0.4, -0.2) is 13.1 Å². The molecule has 0 spiro atoms. The van der Waals surface area contributed by atoms with Gasteiger partial charge in [-0.2, -0.15) is 0 Å². The molecule has 0 fully saturated rings. The predicted molar refractivity (Wildman–Crippen MR) is 80.9 cm³/mol. The van der Waals surface area contributed by atoms with E-state index < -0.39 is 0 Å². The molecule has 0 saturated carbocycles. The van der Waals surface area contributed by atoms with Crippen molar-refractivity contribution in [2.24, 2.45) is 5.92 Å². The molecule has 1 aromatic carbocycles. The Bertz CT molecular complexity index is 294. The molecule has 0 aliphatic rings. The molecule has 102 valence electrons. The number of aryl methyl sites for hydroxylation is 1. The van der Waals surface area contributed by atoms with Crippen LogP contribution in [0.1, 0.15) is 51.5 Å². The van der Waals surface area contributed by atoms with Gasteiger partial charge in [0.25, 0.3) is 0 Å². The molecule has 1 rings (SSSR count). The average molecular weight is 247 g/mol. The van der Waals surface area contributed by atoms with Crippen LogP contribution in [0.25, 0.3) is 0 Å². The van der Waals surface area contributed by atoms with Crippen LogP contribution in [0.2, 0.25) is 0 Å². The van der Waals surface area contributed by atoms with Crippen molar-refractivity contribution < 1.29 is 0 Å². The first-order chi connectivity index (χ1) is 8.76. The Morgan fingerprint density at radius 2 is 1.83 bits per heavy atom. The van der Waals surface area contributed by atoms with Crippen molar-refractivity contribution in [3.8, 4) is 0 Å². The lowest BCUT2D eigenvalue weighted by atomic mass is 9.94. The minimum atomic E-state index is 0.690. The zero-order chi connectivity index (χ0) is 13.2. The molecule has 0 aliphatic carbocycles. The van der Waals surface area contributed by atoms with Crippen molar-refractivity contribution in [3.05, 3.63) is 35.9 Å². The van der Waals surface area contributed by atoms with Gasteiger partial charge in [0.1, 0.15) is 0 Å². The molecule has 0 bridgehead atoms. The fourth-order valence-electron chi connectivity index (χ4n) is 2.67. The molecule has 2 unspecified atom stereocenters. The number of benzene rings is 1. The van der Waals surface area contributed by atoms with E-state index in [1.54, 1.807) is 0 Å². The van der Waals surface area contributed by atoms with Crippen LogP contribution in [0, 0.1) is 5.92 Å². The molecule has 2 atom stereocenters. The Morgan fingerprint density at radius 1 is 1.11 bits per heavy atom. The number of nitrogens with one attached hydrogen (secondary N) is 1. The summed E-state index contributed by atoms with van der Waals surface area (Å²) in [6.45, 7) is 4.66. The monoisotopic (exact) mass is 247 g/mol. The zero-order valence-electron chi connectivity index (χ0n) is 12.3. The summed E-state index contributed by atoms with van der Waals surface area (Å²) in [6, 6.07) is 11.5. The van der Waals surface area contributed by atoms with E-state index in [1.807, 2.05) is 0 Å². The molecule has 1 aromatic rings. The average Bonchev–Trinajstić information content (AvgIpc) is 2.39. The van der Waals surface area contributed by atoms with Crippen molar-refractivity contribution in [2.75, 3.05) is 7.05 Å². The third-order valence-corrected chi connectivity index (χ3v) is 3.74. The summed E-state index contributed by atoms with van der Waals surface area (Å²) < 4.78 is 0. The molecule has 0 radical (unpaired) electrons. The van der Waals surface area contributed by atoms with Crippen LogP contribution in [0.15, 0.2) is 30.3 Å². The largest absolute Gasteiger partial charge is 0.317 e. The number of rotatable bonds is 9. The summed E-state index contributed by atoms with van der Waals surface area (Å²) in [5, 5.41) is 3.48. The molecular weight excluding hydrogens is 218 g/mol. The van der Waals surface area contributed by atoms with Gasteiger partial charge in [0.2, 0.25) is 0 Å². The van der Waals surface area contributed by atoms with Crippen LogP contribution in [0.4, 0.5) is 0 Å². The minimum Gasteiger partial charge on any atom is -0.317 e. The van der Waals surface area contributed by atoms with Gasteiger partial charge in [-0.25, -0.2) is 0 Å². The maximum atomic E-state index is 3.48. The summed E-state index contributed by atoms with van der Waals surface area (Å²) in [5.74, 6) is 0.851. The first-order valence-corrected chi connectivity index (χ1v) is 7.47. The second-order valence-corrected chi connectivity index (χ2v) is 5.49. The predicted octanol–water partition coefficient (Wildman–Crippen LogP) is 4.42. The molecule has 0 heterocycles. The summed E-state index contributed by atoms with van der Waals surface area (Å²) in [4.78, 5) is 0. The molecule has 1 heteroatoms. The highest BCUT2D eigenvalue weighted by Crippen LogP contribution is 2.16. The second-order valence-electron chi connectivity index (χ2n) is 5.49. The van der Waals surface area contributed by atoms with Crippen LogP contribution >= 0.6 is 0 Å². The SMILES string of the molecule is CCCC(C)CC(CCCc1ccccc1)NC. The topological polar surface area (TPSA) is 12.0 Å². The first kappa shape index (κ1) is 15.2. The molecule has 0 amide bonds. The molecule has 0 saturated heterocycles. The fourth-order valence-corrected chi connectivity index (χ4v) is 2.67. The van der Waals surface area contributed by atoms with E-state index in [2.05, 4.69) is 56.5 Å². The van der Waals surface area contributed by atoms with Crippen molar-refractivity contribution in [1.82, 2.24) is 5.32 Å². The third-order valence-electron chi connectivity index (χ3n) is 3.74. The Hall–Kier alpha value is -0.820. The normalized spacial score (nSPS) is 14.4. The van der Waals surface area contributed by atoms with Gasteiger partial charge in [-0.3, -0.25) is 0 Å². The molecule has 1 nitrogen and oxygen atoms in total. The molecule has 0 aromatic heterocycles. The maximum absolute atomic E-state index is 3.48. The lowest BCUT2D eigenvalue weighted by Crippen LogP contribution is -2.27. The highest BCUT2D eigenvalue weighted by Gasteiger charge is 2.10. The van der Waals surface area contributed by atoms with Gasteiger partial charge in [0.15, 0.2) is 0 Å². The van der Waals surface area contributed by atoms with Gasteiger partial charge in [0, 0.05) is 6.04 Å². The molecule has 0 aliphatic heterocycles. The van der Waals surface area contributed by atoms with Gasteiger partial charge in [-0.15, -0.1) is 0 Å². The molecular formula is C17H29N. The number of hydrogen-bond acceptors (Lipinski definition) is 1. The van der Waals surface area contributed by atoms with Gasteiger partial charge < -0.3 is 5.32 Å². The van der Waals surface area contributed by atoms with E-state index in [1.165, 1.54) is 44.1 Å². The highest BCUT2D eigenvalue weighted by molar-refractivity contribution is 5.14. The van der Waals surface area contributed by atoms with E-state index in [0.29, 0.717) is 6.04 Å². The summed E-state index contributed by atoms with van der Waals surface area (Å²) in [7, 11) is 2.10. The Kier molecular flexibility index (Phi) is 7.75. The van der Waals surface area contributed by atoms with Crippen LogP contribution in [0.5, 0.6) is 0 Å². The Balaban J connectivity index is 2.23. The summed E-state index contributed by atoms with van der Waals surface area (Å²) >= 11 is 0. The summed E-state index contributed by atoms with van der Waals surface area (Å²) in [5.41, 5.74) is 1.47. The van der Waals surface area contributed by atoms with E-state index in [-0.39, 0.29) is 0 Å². The number of hydrogen-bond donors (Lipinski definition) is 1. The van der Waals surface area contributed by atoms with E-state index in [0.717, 1.165) is 5.92 Å². The van der Waals surface area contributed by atoms with Crippen LogP contribution < -0.4 is 5.32 Å². The lowest BCUT2D eigenvalue weighted by molar-refractivity contribution is 0.378. The lowest BCUT2D eigenvalue weighted by Gasteiger charge is -2.20. The van der Waals surface area contributed by atoms with Gasteiger partial charge >= 0.3 is 0 Å². The van der Waals surface area contributed by atoms with Crippen molar-refractivity contribution in [3.63, 3.8) is 0 Å². The first-order valence-electron chi connectivity index (χ1n) is 7.47. The van der Waals surface area contributed by atoms with E-state index >= 15 is 0 Å². The highest BCUT2D eigenvalue weighted by atomic mass is 14.9. The van der Waals surface area contributed by atoms with Crippen molar-refractivity contribution >= 4 is 0 Å². The Morgan fingerprint density at radius 3 is 2.44 bits per heavy atom. The third kappa shape index (κ3) is 6.20. The van der Waals surface area contributed by atoms with Gasteiger partial charge in [0.05, 0.1) is 0 Å².